The van der Waals surface area contributed by atoms with Crippen molar-refractivity contribution in [2.45, 2.75) is 51.2 Å². The molecule has 12 heteroatoms. The van der Waals surface area contributed by atoms with Gasteiger partial charge in [0.2, 0.25) is 16.8 Å². The van der Waals surface area contributed by atoms with Gasteiger partial charge in [0, 0.05) is 51.5 Å². The molecule has 0 spiro atoms. The zero-order valence-electron chi connectivity index (χ0n) is 23.8. The van der Waals surface area contributed by atoms with E-state index in [1.165, 1.54) is 8.87 Å². The third-order valence-electron chi connectivity index (χ3n) is 7.88. The van der Waals surface area contributed by atoms with E-state index in [2.05, 4.69) is 9.88 Å². The molecule has 0 bridgehead atoms. The van der Waals surface area contributed by atoms with Crippen molar-refractivity contribution in [2.24, 2.45) is 0 Å². The molecule has 0 unspecified atom stereocenters. The molecule has 2 aliphatic heterocycles. The molecule has 1 saturated heterocycles. The zero-order valence-corrected chi connectivity index (χ0v) is 24.7. The first-order chi connectivity index (χ1) is 20.3. The van der Waals surface area contributed by atoms with Crippen molar-refractivity contribution in [1.82, 2.24) is 23.3 Å². The molecular formula is C30H35N5O6S. The van der Waals surface area contributed by atoms with E-state index in [0.29, 0.717) is 69.0 Å². The molecular weight excluding hydrogens is 558 g/mol. The van der Waals surface area contributed by atoms with Crippen molar-refractivity contribution in [3.8, 4) is 22.8 Å². The first-order valence-corrected chi connectivity index (χ1v) is 15.8. The molecule has 11 nitrogen and oxygen atoms in total. The largest absolute Gasteiger partial charge is 0.454 e. The van der Waals surface area contributed by atoms with E-state index in [1.54, 1.807) is 34.9 Å². The lowest BCUT2D eigenvalue weighted by atomic mass is 10.1. The van der Waals surface area contributed by atoms with Gasteiger partial charge in [0.1, 0.15) is 5.52 Å². The van der Waals surface area contributed by atoms with Gasteiger partial charge in [-0.25, -0.2) is 13.2 Å². The highest BCUT2D eigenvalue weighted by atomic mass is 32.2. The Kier molecular flexibility index (Phi) is 7.69. The van der Waals surface area contributed by atoms with Gasteiger partial charge in [-0.2, -0.15) is 4.31 Å². The van der Waals surface area contributed by atoms with Crippen LogP contribution in [0.3, 0.4) is 0 Å². The molecule has 4 aromatic rings. The number of aromatic nitrogens is 3. The molecule has 1 fully saturated rings. The van der Waals surface area contributed by atoms with Crippen LogP contribution in [0.15, 0.2) is 63.0 Å². The van der Waals surface area contributed by atoms with E-state index in [9.17, 15) is 18.0 Å². The number of nitrogens with one attached hydrogen (secondary N) is 1. The van der Waals surface area contributed by atoms with Gasteiger partial charge in [-0.15, -0.1) is 0 Å². The Morgan fingerprint density at radius 3 is 2.24 bits per heavy atom. The van der Waals surface area contributed by atoms with Crippen LogP contribution in [0.4, 0.5) is 0 Å². The molecule has 6 rings (SSSR count). The third-order valence-corrected chi connectivity index (χ3v) is 9.79. The summed E-state index contributed by atoms with van der Waals surface area (Å²) in [5.74, 6) is 1.49. The van der Waals surface area contributed by atoms with Gasteiger partial charge in [0.25, 0.3) is 5.56 Å². The van der Waals surface area contributed by atoms with Crippen molar-refractivity contribution >= 4 is 21.1 Å². The van der Waals surface area contributed by atoms with Gasteiger partial charge >= 0.3 is 5.69 Å². The molecule has 4 heterocycles. The number of hydrogen-bond donors (Lipinski definition) is 1. The minimum absolute atomic E-state index is 0.222. The lowest BCUT2D eigenvalue weighted by Gasteiger charge is -2.34. The quantitative estimate of drug-likeness (QED) is 0.317. The normalized spacial score (nSPS) is 16.0. The zero-order chi connectivity index (χ0) is 29.4. The minimum Gasteiger partial charge on any atom is -0.454 e. The van der Waals surface area contributed by atoms with Crippen molar-refractivity contribution in [2.75, 3.05) is 33.0 Å². The first kappa shape index (κ1) is 28.3. The van der Waals surface area contributed by atoms with Crippen LogP contribution in [-0.4, -0.2) is 64.7 Å². The predicted octanol–water partition coefficient (Wildman–Crippen LogP) is 3.21. The number of sulfonamides is 1. The molecule has 42 heavy (non-hydrogen) atoms. The summed E-state index contributed by atoms with van der Waals surface area (Å²) in [5, 5.41) is 0. The second-order valence-corrected chi connectivity index (χ2v) is 12.7. The monoisotopic (exact) mass is 593 g/mol. The Morgan fingerprint density at radius 1 is 0.833 bits per heavy atom. The van der Waals surface area contributed by atoms with Crippen LogP contribution >= 0.6 is 0 Å². The van der Waals surface area contributed by atoms with E-state index < -0.39 is 10.0 Å². The summed E-state index contributed by atoms with van der Waals surface area (Å²) in [7, 11) is -3.67. The molecule has 0 aliphatic carbocycles. The second kappa shape index (κ2) is 11.4. The van der Waals surface area contributed by atoms with Crippen molar-refractivity contribution in [3.63, 3.8) is 0 Å². The van der Waals surface area contributed by atoms with E-state index in [0.717, 1.165) is 29.0 Å². The highest BCUT2D eigenvalue weighted by Crippen LogP contribution is 2.33. The SMILES string of the molecule is CCCn1c(=O)c2[nH]c(-c3ccc(S(=O)(=O)N4CCN(Cc5ccc6c(c5)OCO6)CC4)cc3)cc2n(CCC)c1=O. The molecule has 0 atom stereocenters. The highest BCUT2D eigenvalue weighted by molar-refractivity contribution is 7.89. The highest BCUT2D eigenvalue weighted by Gasteiger charge is 2.29. The van der Waals surface area contributed by atoms with E-state index in [-0.39, 0.29) is 22.9 Å². The predicted molar refractivity (Wildman–Crippen MR) is 159 cm³/mol. The second-order valence-electron chi connectivity index (χ2n) is 10.7. The average molecular weight is 594 g/mol. The molecule has 2 aliphatic rings. The Bertz CT molecular complexity index is 1830. The van der Waals surface area contributed by atoms with Crippen molar-refractivity contribution < 1.29 is 17.9 Å². The number of aryl methyl sites for hydroxylation is 1. The van der Waals surface area contributed by atoms with Gasteiger partial charge in [-0.1, -0.05) is 32.0 Å². The van der Waals surface area contributed by atoms with Crippen LogP contribution in [-0.2, 0) is 29.7 Å². The standard InChI is InChI=1S/C30H35N5O6S/c1-3-11-34-25-18-24(31-28(25)29(36)35(12-4-2)30(34)37)22-6-8-23(9-7-22)42(38,39)33-15-13-32(14-16-33)19-21-5-10-26-27(17-21)41-20-40-26/h5-10,17-18,31H,3-4,11-16,19-20H2,1-2H3. The molecule has 0 radical (unpaired) electrons. The van der Waals surface area contributed by atoms with Gasteiger partial charge in [-0.05, 0) is 54.3 Å². The van der Waals surface area contributed by atoms with E-state index in [4.69, 9.17) is 9.47 Å². The number of H-pyrrole nitrogens is 1. The Labute approximate surface area is 243 Å². The number of hydrogen-bond acceptors (Lipinski definition) is 7. The third kappa shape index (κ3) is 5.14. The average Bonchev–Trinajstić information content (AvgIpc) is 3.66. The van der Waals surface area contributed by atoms with Crippen LogP contribution in [0.2, 0.25) is 0 Å². The smallest absolute Gasteiger partial charge is 0.331 e. The molecule has 1 N–H and O–H groups in total. The van der Waals surface area contributed by atoms with E-state index in [1.807, 2.05) is 32.0 Å². The number of nitrogens with zero attached hydrogens (tertiary/aromatic N) is 4. The molecule has 0 amide bonds. The van der Waals surface area contributed by atoms with Crippen LogP contribution in [0.1, 0.15) is 32.3 Å². The lowest BCUT2D eigenvalue weighted by Crippen LogP contribution is -2.48. The maximum atomic E-state index is 13.5. The van der Waals surface area contributed by atoms with Crippen LogP contribution in [0.5, 0.6) is 11.5 Å². The minimum atomic E-state index is -3.67. The summed E-state index contributed by atoms with van der Waals surface area (Å²) in [4.78, 5) is 31.8. The summed E-state index contributed by atoms with van der Waals surface area (Å²) in [6.45, 7) is 7.74. The molecule has 222 valence electrons. The fraction of sp³-hybridized carbons (Fsp3) is 0.400. The Balaban J connectivity index is 1.18. The van der Waals surface area contributed by atoms with E-state index >= 15 is 0 Å². The fourth-order valence-electron chi connectivity index (χ4n) is 5.69. The Hall–Kier alpha value is -3.87. The maximum Gasteiger partial charge on any atom is 0.331 e. The van der Waals surface area contributed by atoms with Crippen LogP contribution < -0.4 is 20.7 Å². The first-order valence-electron chi connectivity index (χ1n) is 14.4. The van der Waals surface area contributed by atoms with Gasteiger partial charge in [0.15, 0.2) is 11.5 Å². The lowest BCUT2D eigenvalue weighted by molar-refractivity contribution is 0.173. The summed E-state index contributed by atoms with van der Waals surface area (Å²) in [6.07, 6.45) is 1.42. The number of aromatic amines is 1. The molecule has 0 saturated carbocycles. The maximum absolute atomic E-state index is 13.5. The van der Waals surface area contributed by atoms with Crippen molar-refractivity contribution in [3.05, 3.63) is 74.9 Å². The van der Waals surface area contributed by atoms with Crippen molar-refractivity contribution in [1.29, 1.82) is 0 Å². The fourth-order valence-corrected chi connectivity index (χ4v) is 7.11. The number of ether oxygens (including phenoxy) is 2. The van der Waals surface area contributed by atoms with Crippen LogP contribution in [0, 0.1) is 0 Å². The van der Waals surface area contributed by atoms with Crippen LogP contribution in [0.25, 0.3) is 22.3 Å². The summed E-state index contributed by atoms with van der Waals surface area (Å²) in [5.41, 5.74) is 2.77. The summed E-state index contributed by atoms with van der Waals surface area (Å²) < 4.78 is 42.2. The number of fused-ring (bicyclic) bond motifs is 2. The molecule has 2 aromatic heterocycles. The van der Waals surface area contributed by atoms with Gasteiger partial charge in [0.05, 0.1) is 10.4 Å². The summed E-state index contributed by atoms with van der Waals surface area (Å²) in [6, 6.07) is 14.4. The van der Waals surface area contributed by atoms with Gasteiger partial charge in [-0.3, -0.25) is 18.8 Å². The number of rotatable bonds is 9. The molecule has 2 aromatic carbocycles. The summed E-state index contributed by atoms with van der Waals surface area (Å²) >= 11 is 0. The number of piperazine rings is 1. The topological polar surface area (TPSA) is 119 Å². The number of benzene rings is 2. The Morgan fingerprint density at radius 2 is 1.52 bits per heavy atom. The van der Waals surface area contributed by atoms with Gasteiger partial charge < -0.3 is 14.5 Å².